The maximum absolute atomic E-state index is 13.0. The highest BCUT2D eigenvalue weighted by atomic mass is 32.2. The summed E-state index contributed by atoms with van der Waals surface area (Å²) in [6.07, 6.45) is 5.03. The fourth-order valence-electron chi connectivity index (χ4n) is 3.21. The minimum absolute atomic E-state index is 0.0896. The van der Waals surface area contributed by atoms with E-state index in [1.807, 2.05) is 36.9 Å². The first-order valence-electron chi connectivity index (χ1n) is 8.72. The lowest BCUT2D eigenvalue weighted by atomic mass is 10.1. The van der Waals surface area contributed by atoms with Gasteiger partial charge in [0.15, 0.2) is 0 Å². The molecular weight excluding hydrogens is 314 g/mol. The summed E-state index contributed by atoms with van der Waals surface area (Å²) < 4.78 is 0. The van der Waals surface area contributed by atoms with Crippen LogP contribution >= 0.6 is 11.8 Å². The van der Waals surface area contributed by atoms with Gasteiger partial charge in [-0.25, -0.2) is 0 Å². The third kappa shape index (κ3) is 4.21. The summed E-state index contributed by atoms with van der Waals surface area (Å²) in [4.78, 5) is 13.0. The largest absolute Gasteiger partial charge is 0.325 e. The number of amides is 1. The number of carbonyl (C=O) groups is 1. The highest BCUT2D eigenvalue weighted by Crippen LogP contribution is 2.40. The summed E-state index contributed by atoms with van der Waals surface area (Å²) in [7, 11) is 0. The first-order valence-corrected chi connectivity index (χ1v) is 9.66. The van der Waals surface area contributed by atoms with Crippen LogP contribution in [0.4, 0.5) is 5.69 Å². The molecule has 0 aromatic heterocycles. The number of benzene rings is 2. The fourth-order valence-corrected chi connectivity index (χ4v) is 4.69. The molecule has 1 saturated carbocycles. The smallest absolute Gasteiger partial charge is 0.242 e. The Balaban J connectivity index is 1.81. The Bertz CT molecular complexity index is 692. The highest BCUT2D eigenvalue weighted by Gasteiger charge is 2.27. The third-order valence-corrected chi connectivity index (χ3v) is 6.24. The van der Waals surface area contributed by atoms with Gasteiger partial charge in [0, 0.05) is 10.9 Å². The molecule has 1 fully saturated rings. The SMILES string of the molecule is Cc1ccc(C)c(NC(=O)[C@H](SC2CCCC2)c2ccccc2)c1. The molecule has 1 aliphatic carbocycles. The van der Waals surface area contributed by atoms with Crippen molar-refractivity contribution in [2.24, 2.45) is 0 Å². The van der Waals surface area contributed by atoms with Crippen molar-refractivity contribution in [3.8, 4) is 0 Å². The van der Waals surface area contributed by atoms with Gasteiger partial charge >= 0.3 is 0 Å². The van der Waals surface area contributed by atoms with Crippen LogP contribution < -0.4 is 5.32 Å². The number of thioether (sulfide) groups is 1. The summed E-state index contributed by atoms with van der Waals surface area (Å²) in [6, 6.07) is 16.4. The van der Waals surface area contributed by atoms with Crippen LogP contribution in [-0.2, 0) is 4.79 Å². The molecule has 0 heterocycles. The second-order valence-electron chi connectivity index (χ2n) is 6.64. The van der Waals surface area contributed by atoms with Crippen molar-refractivity contribution < 1.29 is 4.79 Å². The van der Waals surface area contributed by atoms with Gasteiger partial charge in [0.25, 0.3) is 0 Å². The van der Waals surface area contributed by atoms with Crippen molar-refractivity contribution >= 4 is 23.4 Å². The van der Waals surface area contributed by atoms with E-state index in [1.165, 1.54) is 25.7 Å². The molecule has 0 radical (unpaired) electrons. The van der Waals surface area contributed by atoms with Gasteiger partial charge in [-0.1, -0.05) is 55.3 Å². The molecule has 2 aromatic carbocycles. The van der Waals surface area contributed by atoms with Gasteiger partial charge in [0.1, 0.15) is 5.25 Å². The molecule has 0 spiro atoms. The Hall–Kier alpha value is -1.74. The summed E-state index contributed by atoms with van der Waals surface area (Å²) in [5.41, 5.74) is 4.28. The van der Waals surface area contributed by atoms with Crippen LogP contribution in [-0.4, -0.2) is 11.2 Å². The Labute approximate surface area is 149 Å². The van der Waals surface area contributed by atoms with Crippen LogP contribution in [0.15, 0.2) is 48.5 Å². The molecule has 3 rings (SSSR count). The molecule has 0 saturated heterocycles. The van der Waals surface area contributed by atoms with E-state index in [1.54, 1.807) is 0 Å². The maximum atomic E-state index is 13.0. The zero-order valence-electron chi connectivity index (χ0n) is 14.4. The number of nitrogens with one attached hydrogen (secondary N) is 1. The van der Waals surface area contributed by atoms with Gasteiger partial charge in [-0.2, -0.15) is 0 Å². The van der Waals surface area contributed by atoms with Crippen LogP contribution in [0.1, 0.15) is 47.6 Å². The zero-order valence-corrected chi connectivity index (χ0v) is 15.2. The van der Waals surface area contributed by atoms with Crippen molar-refractivity contribution in [1.82, 2.24) is 0 Å². The molecule has 0 unspecified atom stereocenters. The van der Waals surface area contributed by atoms with E-state index >= 15 is 0 Å². The summed E-state index contributed by atoms with van der Waals surface area (Å²) in [5, 5.41) is 3.62. The van der Waals surface area contributed by atoms with Crippen LogP contribution in [0, 0.1) is 13.8 Å². The van der Waals surface area contributed by atoms with E-state index in [0.717, 1.165) is 22.4 Å². The molecular formula is C21H25NOS. The monoisotopic (exact) mass is 339 g/mol. The number of hydrogen-bond donors (Lipinski definition) is 1. The van der Waals surface area contributed by atoms with E-state index < -0.39 is 0 Å². The molecule has 0 bridgehead atoms. The Morgan fingerprint density at radius 2 is 1.79 bits per heavy atom. The second kappa shape index (κ2) is 7.89. The van der Waals surface area contributed by atoms with E-state index in [9.17, 15) is 4.79 Å². The first-order chi connectivity index (χ1) is 11.6. The van der Waals surface area contributed by atoms with Crippen molar-refractivity contribution in [2.75, 3.05) is 5.32 Å². The third-order valence-electron chi connectivity index (χ3n) is 4.62. The van der Waals surface area contributed by atoms with Gasteiger partial charge in [-0.15, -0.1) is 11.8 Å². The number of rotatable bonds is 5. The molecule has 2 aromatic rings. The molecule has 2 nitrogen and oxygen atoms in total. The molecule has 1 aliphatic rings. The Kier molecular flexibility index (Phi) is 5.62. The van der Waals surface area contributed by atoms with E-state index in [2.05, 4.69) is 42.6 Å². The van der Waals surface area contributed by atoms with Crippen LogP contribution in [0.2, 0.25) is 0 Å². The first kappa shape index (κ1) is 17.1. The Morgan fingerprint density at radius 1 is 1.08 bits per heavy atom. The second-order valence-corrected chi connectivity index (χ2v) is 8.05. The predicted molar refractivity (Wildman–Crippen MR) is 104 cm³/mol. The van der Waals surface area contributed by atoms with E-state index in [0.29, 0.717) is 5.25 Å². The fraction of sp³-hybridized carbons (Fsp3) is 0.381. The minimum atomic E-state index is -0.144. The quantitative estimate of drug-likeness (QED) is 0.761. The Morgan fingerprint density at radius 3 is 2.50 bits per heavy atom. The van der Waals surface area contributed by atoms with Crippen LogP contribution in [0.25, 0.3) is 0 Å². The highest BCUT2D eigenvalue weighted by molar-refractivity contribution is 8.00. The van der Waals surface area contributed by atoms with Gasteiger partial charge in [0.2, 0.25) is 5.91 Å². The van der Waals surface area contributed by atoms with Gasteiger partial charge in [-0.05, 0) is 49.4 Å². The zero-order chi connectivity index (χ0) is 16.9. The summed E-state index contributed by atoms with van der Waals surface area (Å²) >= 11 is 1.83. The molecule has 126 valence electrons. The molecule has 0 aliphatic heterocycles. The van der Waals surface area contributed by atoms with Gasteiger partial charge in [0.05, 0.1) is 0 Å². The van der Waals surface area contributed by atoms with Crippen LogP contribution in [0.3, 0.4) is 0 Å². The standard InChI is InChI=1S/C21H25NOS/c1-15-12-13-16(2)19(14-15)22-21(23)20(17-8-4-3-5-9-17)24-18-10-6-7-11-18/h3-5,8-9,12-14,18,20H,6-7,10-11H2,1-2H3,(H,22,23)/t20-/m1/s1. The molecule has 3 heteroatoms. The molecule has 1 amide bonds. The average molecular weight is 340 g/mol. The van der Waals surface area contributed by atoms with Crippen molar-refractivity contribution in [3.05, 3.63) is 65.2 Å². The van der Waals surface area contributed by atoms with Gasteiger partial charge < -0.3 is 5.32 Å². The summed E-state index contributed by atoms with van der Waals surface area (Å²) in [6.45, 7) is 4.09. The van der Waals surface area contributed by atoms with Crippen molar-refractivity contribution in [1.29, 1.82) is 0 Å². The normalized spacial score (nSPS) is 16.1. The lowest BCUT2D eigenvalue weighted by Gasteiger charge is -2.21. The van der Waals surface area contributed by atoms with Crippen LogP contribution in [0.5, 0.6) is 0 Å². The lowest BCUT2D eigenvalue weighted by molar-refractivity contribution is -0.115. The molecule has 1 N–H and O–H groups in total. The number of carbonyl (C=O) groups excluding carboxylic acids is 1. The topological polar surface area (TPSA) is 29.1 Å². The minimum Gasteiger partial charge on any atom is -0.325 e. The predicted octanol–water partition coefficient (Wildman–Crippen LogP) is 5.66. The molecule has 1 atom stereocenters. The van der Waals surface area contributed by atoms with Gasteiger partial charge in [-0.3, -0.25) is 4.79 Å². The summed E-state index contributed by atoms with van der Waals surface area (Å²) in [5.74, 6) is 0.0896. The molecule has 24 heavy (non-hydrogen) atoms. The maximum Gasteiger partial charge on any atom is 0.242 e. The van der Waals surface area contributed by atoms with Crippen molar-refractivity contribution in [3.63, 3.8) is 0 Å². The number of hydrogen-bond acceptors (Lipinski definition) is 2. The number of anilines is 1. The lowest BCUT2D eigenvalue weighted by Crippen LogP contribution is -2.21. The average Bonchev–Trinajstić information content (AvgIpc) is 3.10. The van der Waals surface area contributed by atoms with Crippen molar-refractivity contribution in [2.45, 2.75) is 50.0 Å². The van der Waals surface area contributed by atoms with E-state index in [-0.39, 0.29) is 11.2 Å². The van der Waals surface area contributed by atoms with E-state index in [4.69, 9.17) is 0 Å². The number of aryl methyl sites for hydroxylation is 2.